The molecular formula is C20H15ClF3NO3. The van der Waals surface area contributed by atoms with E-state index in [-0.39, 0.29) is 12.3 Å². The van der Waals surface area contributed by atoms with Crippen molar-refractivity contribution in [2.75, 3.05) is 11.4 Å². The summed E-state index contributed by atoms with van der Waals surface area (Å²) in [4.78, 5) is 36.2. The number of ketones is 3. The van der Waals surface area contributed by atoms with E-state index in [1.165, 1.54) is 60.4 Å². The topological polar surface area (TPSA) is 54.5 Å². The zero-order valence-electron chi connectivity index (χ0n) is 14.7. The molecule has 146 valence electrons. The van der Waals surface area contributed by atoms with Crippen LogP contribution in [0, 0.1) is 0 Å². The molecule has 0 radical (unpaired) electrons. The van der Waals surface area contributed by atoms with Gasteiger partial charge in [-0.05, 0) is 55.5 Å². The molecule has 0 N–H and O–H groups in total. The maximum absolute atomic E-state index is 12.5. The highest BCUT2D eigenvalue weighted by molar-refractivity contribution is 6.30. The lowest BCUT2D eigenvalue weighted by Crippen LogP contribution is -2.26. The smallest absolute Gasteiger partial charge is 0.340 e. The van der Waals surface area contributed by atoms with Gasteiger partial charge in [0.2, 0.25) is 0 Å². The molecule has 2 aromatic rings. The Balaban J connectivity index is 2.30. The SMILES string of the molecule is CC(=O)c1ccc(N(/C=C/C(=O)C(F)(F)F)CC(=O)c2ccc(Cl)cc2)cc1. The molecule has 0 heterocycles. The fourth-order valence-electron chi connectivity index (χ4n) is 2.25. The number of nitrogens with zero attached hydrogens (tertiary/aromatic N) is 1. The van der Waals surface area contributed by atoms with Crippen LogP contribution in [-0.2, 0) is 4.79 Å². The van der Waals surface area contributed by atoms with E-state index in [4.69, 9.17) is 11.6 Å². The monoisotopic (exact) mass is 409 g/mol. The van der Waals surface area contributed by atoms with Gasteiger partial charge in [0.1, 0.15) is 0 Å². The minimum absolute atomic E-state index is 0.182. The molecule has 0 aliphatic carbocycles. The molecule has 4 nitrogen and oxygen atoms in total. The predicted molar refractivity (Wildman–Crippen MR) is 99.8 cm³/mol. The Morgan fingerprint density at radius 3 is 2.00 bits per heavy atom. The molecule has 0 aliphatic heterocycles. The number of rotatable bonds is 7. The molecule has 8 heteroatoms. The standard InChI is InChI=1S/C20H15ClF3NO3/c1-13(26)14-4-8-17(9-5-14)25(11-10-19(28)20(22,23)24)12-18(27)15-2-6-16(21)7-3-15/h2-11H,12H2,1H3/b11-10+. The summed E-state index contributed by atoms with van der Waals surface area (Å²) >= 11 is 5.78. The van der Waals surface area contributed by atoms with Crippen LogP contribution in [0.2, 0.25) is 5.02 Å². The van der Waals surface area contributed by atoms with Crippen molar-refractivity contribution < 1.29 is 27.6 Å². The second-order valence-electron chi connectivity index (χ2n) is 5.84. The van der Waals surface area contributed by atoms with Crippen LogP contribution >= 0.6 is 11.6 Å². The number of alkyl halides is 3. The predicted octanol–water partition coefficient (Wildman–Crippen LogP) is 4.88. The highest BCUT2D eigenvalue weighted by Gasteiger charge is 2.36. The van der Waals surface area contributed by atoms with E-state index in [1.807, 2.05) is 0 Å². The van der Waals surface area contributed by atoms with Gasteiger partial charge in [-0.25, -0.2) is 0 Å². The zero-order chi connectivity index (χ0) is 20.9. The van der Waals surface area contributed by atoms with Gasteiger partial charge in [0.25, 0.3) is 5.78 Å². The second kappa shape index (κ2) is 8.84. The van der Waals surface area contributed by atoms with Crippen LogP contribution in [0.1, 0.15) is 27.6 Å². The van der Waals surface area contributed by atoms with Crippen LogP contribution in [0.5, 0.6) is 0 Å². The van der Waals surface area contributed by atoms with Crippen LogP contribution < -0.4 is 4.90 Å². The third kappa shape index (κ3) is 5.79. The highest BCUT2D eigenvalue weighted by atomic mass is 35.5. The molecule has 0 spiro atoms. The van der Waals surface area contributed by atoms with Crippen molar-refractivity contribution >= 4 is 34.6 Å². The van der Waals surface area contributed by atoms with Crippen LogP contribution in [-0.4, -0.2) is 30.1 Å². The molecule has 0 aliphatic rings. The summed E-state index contributed by atoms with van der Waals surface area (Å²) in [6.45, 7) is 1.06. The fourth-order valence-corrected chi connectivity index (χ4v) is 2.38. The van der Waals surface area contributed by atoms with Gasteiger partial charge in [0.05, 0.1) is 6.54 Å². The Hall–Kier alpha value is -2.93. The lowest BCUT2D eigenvalue weighted by atomic mass is 10.1. The third-order valence-corrected chi connectivity index (χ3v) is 4.02. The summed E-state index contributed by atoms with van der Waals surface area (Å²) in [6, 6.07) is 11.9. The van der Waals surface area contributed by atoms with Crippen LogP contribution in [0.3, 0.4) is 0 Å². The molecule has 28 heavy (non-hydrogen) atoms. The van der Waals surface area contributed by atoms with Gasteiger partial charge in [-0.1, -0.05) is 11.6 Å². The number of hydrogen-bond donors (Lipinski definition) is 0. The first-order chi connectivity index (χ1) is 13.1. The number of halogens is 4. The zero-order valence-corrected chi connectivity index (χ0v) is 15.4. The minimum Gasteiger partial charge on any atom is -0.340 e. The number of carbonyl (C=O) groups is 3. The summed E-state index contributed by atoms with van der Waals surface area (Å²) in [5.41, 5.74) is 1.06. The third-order valence-electron chi connectivity index (χ3n) is 3.77. The average Bonchev–Trinajstić information content (AvgIpc) is 2.64. The summed E-state index contributed by atoms with van der Waals surface area (Å²) in [7, 11) is 0. The lowest BCUT2D eigenvalue weighted by molar-refractivity contribution is -0.165. The Morgan fingerprint density at radius 2 is 1.50 bits per heavy atom. The van der Waals surface area contributed by atoms with E-state index in [1.54, 1.807) is 0 Å². The van der Waals surface area contributed by atoms with E-state index < -0.39 is 17.7 Å². The molecule has 0 fully saturated rings. The molecule has 0 saturated heterocycles. The van der Waals surface area contributed by atoms with Crippen molar-refractivity contribution in [3.8, 4) is 0 Å². The first kappa shape index (κ1) is 21.4. The molecule has 0 unspecified atom stereocenters. The van der Waals surface area contributed by atoms with Crippen LogP contribution in [0.4, 0.5) is 18.9 Å². The first-order valence-corrected chi connectivity index (χ1v) is 8.41. The Kier molecular flexibility index (Phi) is 6.75. The average molecular weight is 410 g/mol. The molecule has 2 rings (SSSR count). The van der Waals surface area contributed by atoms with Crippen LogP contribution in [0.25, 0.3) is 0 Å². The quantitative estimate of drug-likeness (QED) is 0.483. The molecule has 0 atom stereocenters. The van der Waals surface area contributed by atoms with E-state index in [0.29, 0.717) is 27.9 Å². The molecule has 0 amide bonds. The van der Waals surface area contributed by atoms with Crippen molar-refractivity contribution in [3.63, 3.8) is 0 Å². The van der Waals surface area contributed by atoms with Crippen molar-refractivity contribution in [3.05, 3.63) is 77.0 Å². The summed E-state index contributed by atoms with van der Waals surface area (Å²) in [5, 5.41) is 0.434. The highest BCUT2D eigenvalue weighted by Crippen LogP contribution is 2.20. The number of allylic oxidation sites excluding steroid dienone is 1. The number of carbonyl (C=O) groups excluding carboxylic acids is 3. The second-order valence-corrected chi connectivity index (χ2v) is 6.28. The van der Waals surface area contributed by atoms with Gasteiger partial charge >= 0.3 is 6.18 Å². The number of Topliss-reactive ketones (excluding diaryl/α,β-unsaturated/α-hetero) is 2. The van der Waals surface area contributed by atoms with Gasteiger partial charge in [0.15, 0.2) is 11.6 Å². The van der Waals surface area contributed by atoms with Crippen molar-refractivity contribution in [1.82, 2.24) is 0 Å². The van der Waals surface area contributed by atoms with Crippen molar-refractivity contribution in [1.29, 1.82) is 0 Å². The minimum atomic E-state index is -5.01. The molecular weight excluding hydrogens is 395 g/mol. The van der Waals surface area contributed by atoms with Crippen LogP contribution in [0.15, 0.2) is 60.8 Å². The normalized spacial score (nSPS) is 11.5. The maximum Gasteiger partial charge on any atom is 0.454 e. The van der Waals surface area contributed by atoms with Gasteiger partial charge < -0.3 is 4.90 Å². The lowest BCUT2D eigenvalue weighted by Gasteiger charge is -2.20. The summed E-state index contributed by atoms with van der Waals surface area (Å²) in [5.74, 6) is -2.62. The maximum atomic E-state index is 12.5. The van der Waals surface area contributed by atoms with E-state index in [0.717, 1.165) is 6.20 Å². The Bertz CT molecular complexity index is 904. The summed E-state index contributed by atoms with van der Waals surface area (Å²) < 4.78 is 37.4. The van der Waals surface area contributed by atoms with Crippen molar-refractivity contribution in [2.45, 2.75) is 13.1 Å². The molecule has 0 saturated carbocycles. The number of anilines is 1. The number of benzene rings is 2. The van der Waals surface area contributed by atoms with Crippen molar-refractivity contribution in [2.24, 2.45) is 0 Å². The van der Waals surface area contributed by atoms with E-state index >= 15 is 0 Å². The van der Waals surface area contributed by atoms with Gasteiger partial charge in [-0.15, -0.1) is 0 Å². The molecule has 2 aromatic carbocycles. The Labute approximate surface area is 164 Å². The van der Waals surface area contributed by atoms with E-state index in [9.17, 15) is 27.6 Å². The van der Waals surface area contributed by atoms with Gasteiger partial charge in [0, 0.05) is 34.1 Å². The van der Waals surface area contributed by atoms with Gasteiger partial charge in [-0.3, -0.25) is 14.4 Å². The summed E-state index contributed by atoms with van der Waals surface area (Å²) in [6.07, 6.45) is -3.76. The molecule has 0 aromatic heterocycles. The first-order valence-electron chi connectivity index (χ1n) is 8.03. The molecule has 0 bridgehead atoms. The largest absolute Gasteiger partial charge is 0.454 e. The van der Waals surface area contributed by atoms with E-state index in [2.05, 4.69) is 0 Å². The fraction of sp³-hybridized carbons (Fsp3) is 0.150. The Morgan fingerprint density at radius 1 is 0.964 bits per heavy atom. The number of hydrogen-bond acceptors (Lipinski definition) is 4. The van der Waals surface area contributed by atoms with Gasteiger partial charge in [-0.2, -0.15) is 13.2 Å².